The number of methoxy groups -OCH3 is 1. The van der Waals surface area contributed by atoms with Gasteiger partial charge in [0.05, 0.1) is 12.3 Å². The summed E-state index contributed by atoms with van der Waals surface area (Å²) in [5.41, 5.74) is 3.57. The van der Waals surface area contributed by atoms with Gasteiger partial charge in [0.2, 0.25) is 0 Å². The van der Waals surface area contributed by atoms with E-state index in [1.54, 1.807) is 14.0 Å². The first-order chi connectivity index (χ1) is 12.7. The van der Waals surface area contributed by atoms with Gasteiger partial charge in [-0.1, -0.05) is 48.6 Å². The fourth-order valence-electron chi connectivity index (χ4n) is 2.30. The van der Waals surface area contributed by atoms with E-state index >= 15 is 0 Å². The fourth-order valence-corrected chi connectivity index (χ4v) is 2.30. The van der Waals surface area contributed by atoms with Crippen molar-refractivity contribution in [3.05, 3.63) is 81.8 Å². The van der Waals surface area contributed by atoms with Gasteiger partial charge in [-0.2, -0.15) is 5.10 Å². The second kappa shape index (κ2) is 12.5. The van der Waals surface area contributed by atoms with Crippen LogP contribution in [0.25, 0.3) is 5.57 Å². The molecule has 0 unspecified atom stereocenters. The van der Waals surface area contributed by atoms with E-state index in [2.05, 4.69) is 34.7 Å². The van der Waals surface area contributed by atoms with E-state index in [0.29, 0.717) is 13.0 Å². The Morgan fingerprint density at radius 1 is 1.31 bits per heavy atom. The number of rotatable bonds is 7. The Kier molecular flexibility index (Phi) is 10.1. The standard InChI is InChI=1S/C19H22N2O2.C3H4/c1-3-16(10-7-13-23-2)18-14-17(19(22)21-20-18)12-11-15-8-5-4-6-9-15;1-3-2/h3-10,14H,11-13H2,1-2H3,(H,21,22);1H,2H3/b10-7-,16-3+;. The molecule has 0 aliphatic heterocycles. The minimum Gasteiger partial charge on any atom is -0.381 e. The summed E-state index contributed by atoms with van der Waals surface area (Å²) in [6.45, 7) is 4.14. The molecule has 0 aliphatic rings. The van der Waals surface area contributed by atoms with Gasteiger partial charge in [0, 0.05) is 12.7 Å². The predicted octanol–water partition coefficient (Wildman–Crippen LogP) is 3.80. The third kappa shape index (κ3) is 7.33. The SMILES string of the molecule is C#CC.C/C=C(\C=C/COC)c1cc(CCc2ccccc2)c(=O)[nH]n1. The third-order valence-corrected chi connectivity index (χ3v) is 3.57. The first-order valence-corrected chi connectivity index (χ1v) is 8.48. The molecule has 2 aromatic rings. The third-order valence-electron chi connectivity index (χ3n) is 3.57. The number of hydrogen-bond acceptors (Lipinski definition) is 3. The van der Waals surface area contributed by atoms with Crippen LogP contribution in [-0.2, 0) is 17.6 Å². The van der Waals surface area contributed by atoms with Crippen molar-refractivity contribution in [3.63, 3.8) is 0 Å². The van der Waals surface area contributed by atoms with Gasteiger partial charge in [0.1, 0.15) is 0 Å². The molecule has 0 radical (unpaired) electrons. The maximum absolute atomic E-state index is 12.0. The van der Waals surface area contributed by atoms with Crippen LogP contribution in [0, 0.1) is 12.3 Å². The Morgan fingerprint density at radius 3 is 2.62 bits per heavy atom. The van der Waals surface area contributed by atoms with E-state index in [0.717, 1.165) is 23.3 Å². The van der Waals surface area contributed by atoms with Crippen molar-refractivity contribution < 1.29 is 4.74 Å². The minimum absolute atomic E-state index is 0.124. The summed E-state index contributed by atoms with van der Waals surface area (Å²) in [5, 5.41) is 6.74. The lowest BCUT2D eigenvalue weighted by atomic mass is 10.0. The lowest BCUT2D eigenvalue weighted by molar-refractivity contribution is 0.234. The van der Waals surface area contributed by atoms with Crippen LogP contribution in [0.15, 0.2) is 59.4 Å². The van der Waals surface area contributed by atoms with Crippen molar-refractivity contribution in [2.24, 2.45) is 0 Å². The molecule has 1 aromatic carbocycles. The Bertz CT molecular complexity index is 812. The molecule has 0 aliphatic carbocycles. The van der Waals surface area contributed by atoms with Gasteiger partial charge in [-0.15, -0.1) is 12.3 Å². The molecule has 1 N–H and O–H groups in total. The molecule has 0 spiro atoms. The van der Waals surface area contributed by atoms with Crippen molar-refractivity contribution >= 4 is 5.57 Å². The molecule has 26 heavy (non-hydrogen) atoms. The first kappa shape index (κ1) is 21.1. The van der Waals surface area contributed by atoms with Gasteiger partial charge in [-0.05, 0) is 43.9 Å². The zero-order chi connectivity index (χ0) is 19.2. The number of aromatic nitrogens is 2. The van der Waals surface area contributed by atoms with Gasteiger partial charge < -0.3 is 4.74 Å². The van der Waals surface area contributed by atoms with Crippen LogP contribution in [0.5, 0.6) is 0 Å². The van der Waals surface area contributed by atoms with Crippen LogP contribution in [0.4, 0.5) is 0 Å². The maximum Gasteiger partial charge on any atom is 0.267 e. The average Bonchev–Trinajstić information content (AvgIpc) is 2.66. The normalized spacial score (nSPS) is 10.9. The van der Waals surface area contributed by atoms with Crippen LogP contribution in [-0.4, -0.2) is 23.9 Å². The molecule has 2 rings (SSSR count). The molecule has 1 aromatic heterocycles. The van der Waals surface area contributed by atoms with Crippen LogP contribution < -0.4 is 5.56 Å². The zero-order valence-corrected chi connectivity index (χ0v) is 15.7. The van der Waals surface area contributed by atoms with E-state index < -0.39 is 0 Å². The lowest BCUT2D eigenvalue weighted by Crippen LogP contribution is -2.16. The summed E-state index contributed by atoms with van der Waals surface area (Å²) in [6, 6.07) is 12.0. The second-order valence-corrected chi connectivity index (χ2v) is 5.48. The van der Waals surface area contributed by atoms with Crippen molar-refractivity contribution in [1.82, 2.24) is 10.2 Å². The number of aromatic amines is 1. The number of allylic oxidation sites excluding steroid dienone is 3. The summed E-state index contributed by atoms with van der Waals surface area (Å²) >= 11 is 0. The molecule has 0 saturated carbocycles. The van der Waals surface area contributed by atoms with Gasteiger partial charge in [-0.3, -0.25) is 4.79 Å². The zero-order valence-electron chi connectivity index (χ0n) is 15.7. The number of ether oxygens (including phenoxy) is 1. The number of aryl methyl sites for hydroxylation is 2. The summed E-state index contributed by atoms with van der Waals surface area (Å²) < 4.78 is 5.01. The second-order valence-electron chi connectivity index (χ2n) is 5.48. The summed E-state index contributed by atoms with van der Waals surface area (Å²) in [6.07, 6.45) is 12.0. The molecule has 0 atom stereocenters. The first-order valence-electron chi connectivity index (χ1n) is 8.48. The largest absolute Gasteiger partial charge is 0.381 e. The molecule has 136 valence electrons. The minimum atomic E-state index is -0.124. The van der Waals surface area contributed by atoms with E-state index in [1.165, 1.54) is 5.56 Å². The maximum atomic E-state index is 12.0. The number of H-pyrrole nitrogens is 1. The number of hydrogen-bond donors (Lipinski definition) is 1. The van der Waals surface area contributed by atoms with E-state index in [9.17, 15) is 4.79 Å². The highest BCUT2D eigenvalue weighted by Gasteiger charge is 2.06. The predicted molar refractivity (Wildman–Crippen MR) is 108 cm³/mol. The molecular weight excluding hydrogens is 324 g/mol. The van der Waals surface area contributed by atoms with Crippen molar-refractivity contribution in [1.29, 1.82) is 0 Å². The van der Waals surface area contributed by atoms with Crippen molar-refractivity contribution in [2.75, 3.05) is 13.7 Å². The van der Waals surface area contributed by atoms with Crippen LogP contribution in [0.1, 0.15) is 30.7 Å². The van der Waals surface area contributed by atoms with E-state index in [-0.39, 0.29) is 5.56 Å². The van der Waals surface area contributed by atoms with Gasteiger partial charge in [0.25, 0.3) is 5.56 Å². The highest BCUT2D eigenvalue weighted by atomic mass is 16.5. The van der Waals surface area contributed by atoms with E-state index in [1.807, 2.05) is 49.4 Å². The Hall–Kier alpha value is -2.90. The highest BCUT2D eigenvalue weighted by Crippen LogP contribution is 2.13. The van der Waals surface area contributed by atoms with E-state index in [4.69, 9.17) is 4.74 Å². The number of benzene rings is 1. The molecule has 4 heteroatoms. The molecule has 0 amide bonds. The lowest BCUT2D eigenvalue weighted by Gasteiger charge is -2.05. The summed E-state index contributed by atoms with van der Waals surface area (Å²) in [5.74, 6) is 2.25. The van der Waals surface area contributed by atoms with Crippen molar-refractivity contribution in [3.8, 4) is 12.3 Å². The highest BCUT2D eigenvalue weighted by molar-refractivity contribution is 5.71. The number of terminal acetylenes is 1. The monoisotopic (exact) mass is 350 g/mol. The Morgan fingerprint density at radius 2 is 2.00 bits per heavy atom. The van der Waals surface area contributed by atoms with Crippen LogP contribution in [0.3, 0.4) is 0 Å². The molecular formula is C22H26N2O2. The summed E-state index contributed by atoms with van der Waals surface area (Å²) in [4.78, 5) is 12.0. The topological polar surface area (TPSA) is 55.0 Å². The summed E-state index contributed by atoms with van der Waals surface area (Å²) in [7, 11) is 1.65. The Balaban J connectivity index is 0.00000105. The van der Waals surface area contributed by atoms with Gasteiger partial charge in [0.15, 0.2) is 0 Å². The van der Waals surface area contributed by atoms with Gasteiger partial charge in [-0.25, -0.2) is 5.10 Å². The van der Waals surface area contributed by atoms with Crippen molar-refractivity contribution in [2.45, 2.75) is 26.7 Å². The average molecular weight is 350 g/mol. The molecule has 0 saturated heterocycles. The van der Waals surface area contributed by atoms with Crippen LogP contribution >= 0.6 is 0 Å². The molecule has 0 bridgehead atoms. The molecule has 4 nitrogen and oxygen atoms in total. The quantitative estimate of drug-likeness (QED) is 0.610. The van der Waals surface area contributed by atoms with Crippen LogP contribution in [0.2, 0.25) is 0 Å². The fraction of sp³-hybridized carbons (Fsp3) is 0.273. The molecule has 0 fully saturated rings. The smallest absolute Gasteiger partial charge is 0.267 e. The number of nitrogens with zero attached hydrogens (tertiary/aromatic N) is 1. The molecule has 1 heterocycles. The number of nitrogens with one attached hydrogen (secondary N) is 1. The Labute approximate surface area is 155 Å². The van der Waals surface area contributed by atoms with Gasteiger partial charge >= 0.3 is 0 Å².